The van der Waals surface area contributed by atoms with Crippen LogP contribution in [0.15, 0.2) is 40.9 Å². The summed E-state index contributed by atoms with van der Waals surface area (Å²) >= 11 is 12.8. The zero-order chi connectivity index (χ0) is 29.8. The summed E-state index contributed by atoms with van der Waals surface area (Å²) in [5, 5.41) is 4.87. The average Bonchev–Trinajstić information content (AvgIpc) is 3.37. The van der Waals surface area contributed by atoms with Crippen LogP contribution >= 0.6 is 23.2 Å². The molecule has 3 fully saturated rings. The third-order valence-corrected chi connectivity index (χ3v) is 10.6. The van der Waals surface area contributed by atoms with Crippen LogP contribution in [-0.2, 0) is 14.6 Å². The van der Waals surface area contributed by atoms with Crippen molar-refractivity contribution in [2.24, 2.45) is 5.92 Å². The Morgan fingerprint density at radius 2 is 1.88 bits per heavy atom. The molecular formula is C30H29Cl2FN2O6S. The van der Waals surface area contributed by atoms with Crippen molar-refractivity contribution < 1.29 is 31.7 Å². The Hall–Kier alpha value is -2.95. The quantitative estimate of drug-likeness (QED) is 0.184. The van der Waals surface area contributed by atoms with Crippen molar-refractivity contribution in [3.05, 3.63) is 69.1 Å². The number of aromatic nitrogens is 1. The maximum absolute atomic E-state index is 15.2. The Kier molecular flexibility index (Phi) is 7.82. The van der Waals surface area contributed by atoms with E-state index in [0.29, 0.717) is 46.4 Å². The fourth-order valence-corrected chi connectivity index (χ4v) is 8.05. The summed E-state index contributed by atoms with van der Waals surface area (Å²) in [7, 11) is -3.53. The Morgan fingerprint density at radius 3 is 2.50 bits per heavy atom. The van der Waals surface area contributed by atoms with Crippen molar-refractivity contribution >= 4 is 50.5 Å². The third-order valence-electron chi connectivity index (χ3n) is 8.25. The highest BCUT2D eigenvalue weighted by Crippen LogP contribution is 2.47. The summed E-state index contributed by atoms with van der Waals surface area (Å²) in [4.78, 5) is 28.0. The van der Waals surface area contributed by atoms with Gasteiger partial charge in [-0.3, -0.25) is 4.79 Å². The molecule has 8 nitrogen and oxygen atoms in total. The molecule has 0 spiro atoms. The van der Waals surface area contributed by atoms with Crippen molar-refractivity contribution in [3.8, 4) is 11.3 Å². The van der Waals surface area contributed by atoms with Crippen molar-refractivity contribution in [2.45, 2.75) is 57.1 Å². The predicted octanol–water partition coefficient (Wildman–Crippen LogP) is 6.50. The molecule has 2 bridgehead atoms. The molecule has 3 atom stereocenters. The summed E-state index contributed by atoms with van der Waals surface area (Å²) in [6.45, 7) is 2.19. The number of ketones is 1. The van der Waals surface area contributed by atoms with Gasteiger partial charge < -0.3 is 14.2 Å². The minimum Gasteiger partial charge on any atom is -0.458 e. The molecule has 2 aliphatic carbocycles. The number of benzene rings is 2. The number of piperidine rings is 1. The van der Waals surface area contributed by atoms with Crippen LogP contribution in [0, 0.1) is 11.7 Å². The number of anilines is 1. The minimum atomic E-state index is -3.53. The third kappa shape index (κ3) is 5.56. The monoisotopic (exact) mass is 634 g/mol. The van der Waals surface area contributed by atoms with Crippen LogP contribution in [0.1, 0.15) is 71.4 Å². The summed E-state index contributed by atoms with van der Waals surface area (Å²) in [5.74, 6) is -1.92. The number of hydrogen-bond donors (Lipinski definition) is 0. The van der Waals surface area contributed by atoms with Gasteiger partial charge in [0.25, 0.3) is 0 Å². The Morgan fingerprint density at radius 1 is 1.14 bits per heavy atom. The first-order valence-electron chi connectivity index (χ1n) is 14.0. The van der Waals surface area contributed by atoms with Crippen LogP contribution in [0.4, 0.5) is 10.1 Å². The molecule has 1 aromatic heterocycles. The number of Topliss-reactive ketones (excluding diaryl/α,β-unsaturated/α-hetero) is 1. The molecular weight excluding hydrogens is 606 g/mol. The van der Waals surface area contributed by atoms with Crippen LogP contribution in [0.25, 0.3) is 11.3 Å². The standard InChI is InChI=1S/C30H29Cl2FN2O6S/c1-2-10-42(38,39)15-24(36)17-8-9-23(22(33)12-17)35-14-18-11-19(35)13-25(18)40-30(37)27-28(34-41-29(27)16-6-7-16)26-20(31)4-3-5-21(26)32/h3-5,8-9,12,16,18-19,25H,2,6-7,10-11,13-15H2,1H3/t18-,19-,25+/m0/s1. The zero-order valence-electron chi connectivity index (χ0n) is 22.8. The number of carbonyl (C=O) groups excluding carboxylic acids is 2. The Balaban J connectivity index is 1.16. The molecule has 2 saturated carbocycles. The van der Waals surface area contributed by atoms with Crippen molar-refractivity contribution in [1.29, 1.82) is 0 Å². The average molecular weight is 636 g/mol. The van der Waals surface area contributed by atoms with E-state index in [1.165, 1.54) is 12.1 Å². The highest BCUT2D eigenvalue weighted by atomic mass is 35.5. The topological polar surface area (TPSA) is 107 Å². The molecule has 1 aliphatic heterocycles. The van der Waals surface area contributed by atoms with Crippen LogP contribution < -0.4 is 4.90 Å². The highest BCUT2D eigenvalue weighted by molar-refractivity contribution is 7.92. The molecule has 12 heteroatoms. The molecule has 222 valence electrons. The largest absolute Gasteiger partial charge is 0.458 e. The second-order valence-corrected chi connectivity index (χ2v) is 14.3. The van der Waals surface area contributed by atoms with E-state index in [1.54, 1.807) is 25.1 Å². The van der Waals surface area contributed by atoms with E-state index in [0.717, 1.165) is 25.3 Å². The number of rotatable bonds is 10. The van der Waals surface area contributed by atoms with Crippen molar-refractivity contribution in [1.82, 2.24) is 5.16 Å². The van der Waals surface area contributed by atoms with Gasteiger partial charge in [0.05, 0.1) is 21.5 Å². The van der Waals surface area contributed by atoms with Gasteiger partial charge in [-0.1, -0.05) is 41.3 Å². The normalized spacial score (nSPS) is 21.6. The number of ether oxygens (including phenoxy) is 1. The highest BCUT2D eigenvalue weighted by Gasteiger charge is 2.48. The summed E-state index contributed by atoms with van der Waals surface area (Å²) in [6.07, 6.45) is 3.04. The molecule has 6 rings (SSSR count). The molecule has 0 unspecified atom stereocenters. The fourth-order valence-electron chi connectivity index (χ4n) is 6.14. The smallest absolute Gasteiger partial charge is 0.344 e. The number of halogens is 3. The van der Waals surface area contributed by atoms with Gasteiger partial charge in [0, 0.05) is 42.0 Å². The number of esters is 1. The molecule has 3 aromatic rings. The second kappa shape index (κ2) is 11.3. The maximum Gasteiger partial charge on any atom is 0.344 e. The van der Waals surface area contributed by atoms with E-state index >= 15 is 4.39 Å². The van der Waals surface area contributed by atoms with E-state index in [-0.39, 0.29) is 46.6 Å². The number of carbonyl (C=O) groups is 2. The molecule has 3 aliphatic rings. The number of fused-ring (bicyclic) bond motifs is 2. The van der Waals surface area contributed by atoms with E-state index in [1.807, 2.05) is 4.90 Å². The van der Waals surface area contributed by atoms with Crippen LogP contribution in [-0.4, -0.2) is 55.5 Å². The van der Waals surface area contributed by atoms with Gasteiger partial charge in [-0.05, 0) is 56.0 Å². The van der Waals surface area contributed by atoms with E-state index in [4.69, 9.17) is 32.5 Å². The molecule has 0 radical (unpaired) electrons. The number of nitrogens with zero attached hydrogens (tertiary/aromatic N) is 2. The van der Waals surface area contributed by atoms with Crippen LogP contribution in [0.5, 0.6) is 0 Å². The van der Waals surface area contributed by atoms with Gasteiger partial charge in [0.15, 0.2) is 21.4 Å². The van der Waals surface area contributed by atoms with Crippen molar-refractivity contribution in [3.63, 3.8) is 0 Å². The lowest BCUT2D eigenvalue weighted by Crippen LogP contribution is -2.40. The molecule has 0 amide bonds. The van der Waals surface area contributed by atoms with Crippen molar-refractivity contribution in [2.75, 3.05) is 23.0 Å². The minimum absolute atomic E-state index is 0.0181. The maximum atomic E-state index is 15.2. The van der Waals surface area contributed by atoms with Crippen LogP contribution in [0.2, 0.25) is 10.0 Å². The fraction of sp³-hybridized carbons (Fsp3) is 0.433. The Bertz CT molecular complexity index is 1650. The predicted molar refractivity (Wildman–Crippen MR) is 157 cm³/mol. The summed E-state index contributed by atoms with van der Waals surface area (Å²) in [6, 6.07) is 9.09. The summed E-state index contributed by atoms with van der Waals surface area (Å²) < 4.78 is 50.9. The van der Waals surface area contributed by atoms with Gasteiger partial charge in [-0.2, -0.15) is 0 Å². The lowest BCUT2D eigenvalue weighted by atomic mass is 10.0. The summed E-state index contributed by atoms with van der Waals surface area (Å²) in [5.41, 5.74) is 1.30. The van der Waals surface area contributed by atoms with Crippen LogP contribution in [0.3, 0.4) is 0 Å². The Labute approximate surface area is 253 Å². The van der Waals surface area contributed by atoms with Gasteiger partial charge in [-0.25, -0.2) is 17.6 Å². The number of sulfone groups is 1. The first-order valence-corrected chi connectivity index (χ1v) is 16.6. The molecule has 42 heavy (non-hydrogen) atoms. The van der Waals surface area contributed by atoms with Gasteiger partial charge >= 0.3 is 5.97 Å². The first kappa shape index (κ1) is 29.1. The number of hydrogen-bond acceptors (Lipinski definition) is 8. The van der Waals surface area contributed by atoms with E-state index in [9.17, 15) is 18.0 Å². The SMILES string of the molecule is CCCS(=O)(=O)CC(=O)c1ccc(N2C[C@@H]3C[C@H]2C[C@H]3OC(=O)c2c(-c3c(Cl)cccc3Cl)noc2C2CC2)c(F)c1. The van der Waals surface area contributed by atoms with E-state index in [2.05, 4.69) is 5.16 Å². The zero-order valence-corrected chi connectivity index (χ0v) is 25.1. The van der Waals surface area contributed by atoms with Gasteiger partial charge in [0.2, 0.25) is 0 Å². The van der Waals surface area contributed by atoms with Gasteiger partial charge in [0.1, 0.15) is 28.9 Å². The lowest BCUT2D eigenvalue weighted by Gasteiger charge is -2.33. The first-order chi connectivity index (χ1) is 20.1. The molecule has 1 saturated heterocycles. The molecule has 0 N–H and O–H groups in total. The van der Waals surface area contributed by atoms with E-state index < -0.39 is 33.2 Å². The van der Waals surface area contributed by atoms with Gasteiger partial charge in [-0.15, -0.1) is 0 Å². The lowest BCUT2D eigenvalue weighted by molar-refractivity contribution is 0.0191. The second-order valence-electron chi connectivity index (χ2n) is 11.3. The molecule has 2 aromatic carbocycles. The molecule has 2 heterocycles.